The number of hydrogen-bond acceptors (Lipinski definition) is 4. The minimum absolute atomic E-state index is 0.00840. The van der Waals surface area contributed by atoms with E-state index in [1.807, 2.05) is 0 Å². The minimum atomic E-state index is 0.00840. The summed E-state index contributed by atoms with van der Waals surface area (Å²) >= 11 is 0. The zero-order valence-corrected chi connectivity index (χ0v) is 19.2. The highest BCUT2D eigenvalue weighted by molar-refractivity contribution is 5.69. The van der Waals surface area contributed by atoms with Gasteiger partial charge in [0.2, 0.25) is 0 Å². The first-order valence-electron chi connectivity index (χ1n) is 12.4. The molecule has 0 radical (unpaired) electrons. The quantitative estimate of drug-likeness (QED) is 0.733. The van der Waals surface area contributed by atoms with Gasteiger partial charge in [-0.05, 0) is 79.5 Å². The number of carbonyl (C=O) groups is 1. The van der Waals surface area contributed by atoms with Crippen LogP contribution < -0.4 is 9.64 Å². The molecule has 0 unspecified atom stereocenters. The van der Waals surface area contributed by atoms with Crippen LogP contribution in [0.4, 0.5) is 0 Å². The molecule has 0 spiro atoms. The maximum absolute atomic E-state index is 12.7. The van der Waals surface area contributed by atoms with Gasteiger partial charge in [0, 0.05) is 5.41 Å². The van der Waals surface area contributed by atoms with Crippen molar-refractivity contribution in [2.24, 2.45) is 17.3 Å². The van der Waals surface area contributed by atoms with Crippen molar-refractivity contribution < 1.29 is 23.9 Å². The van der Waals surface area contributed by atoms with Crippen LogP contribution in [0.25, 0.3) is 0 Å². The van der Waals surface area contributed by atoms with Gasteiger partial charge < -0.3 is 19.1 Å². The van der Waals surface area contributed by atoms with Gasteiger partial charge in [-0.15, -0.1) is 0 Å². The summed E-state index contributed by atoms with van der Waals surface area (Å²) in [5.41, 5.74) is 3.18. The Hall–Kier alpha value is -1.59. The zero-order chi connectivity index (χ0) is 21.4. The number of carbonyl (C=O) groups excluding carboxylic acids is 1. The van der Waals surface area contributed by atoms with E-state index in [1.165, 1.54) is 29.7 Å². The van der Waals surface area contributed by atoms with Crippen LogP contribution in [0, 0.1) is 17.3 Å². The monoisotopic (exact) mass is 428 g/mol. The third kappa shape index (κ3) is 4.00. The average Bonchev–Trinajstić information content (AvgIpc) is 3.13. The summed E-state index contributed by atoms with van der Waals surface area (Å²) in [5, 5.41) is 0. The van der Waals surface area contributed by atoms with Gasteiger partial charge in [-0.25, -0.2) is 0 Å². The molecule has 31 heavy (non-hydrogen) atoms. The molecule has 5 atom stereocenters. The van der Waals surface area contributed by atoms with Crippen LogP contribution in [-0.4, -0.2) is 52.0 Å². The predicted molar refractivity (Wildman–Crippen MR) is 118 cm³/mol. The van der Waals surface area contributed by atoms with E-state index < -0.39 is 0 Å². The zero-order valence-electron chi connectivity index (χ0n) is 19.2. The van der Waals surface area contributed by atoms with E-state index in [0.29, 0.717) is 18.3 Å². The summed E-state index contributed by atoms with van der Waals surface area (Å²) in [5.74, 6) is 3.04. The van der Waals surface area contributed by atoms with E-state index in [2.05, 4.69) is 25.1 Å². The lowest BCUT2D eigenvalue weighted by Crippen LogP contribution is -3.14. The van der Waals surface area contributed by atoms with Gasteiger partial charge in [0.1, 0.15) is 24.9 Å². The highest BCUT2D eigenvalue weighted by Crippen LogP contribution is 2.61. The first-order chi connectivity index (χ1) is 15.1. The van der Waals surface area contributed by atoms with Crippen LogP contribution in [0.2, 0.25) is 0 Å². The van der Waals surface area contributed by atoms with Gasteiger partial charge in [-0.3, -0.25) is 4.79 Å². The average molecular weight is 429 g/mol. The fourth-order valence-corrected chi connectivity index (χ4v) is 7.24. The maximum Gasteiger partial charge on any atom is 0.311 e. The molecule has 1 aliphatic heterocycles. The van der Waals surface area contributed by atoms with E-state index in [0.717, 1.165) is 63.8 Å². The Morgan fingerprint density at radius 3 is 2.84 bits per heavy atom. The number of morpholine rings is 1. The standard InChI is InChI=1S/C26H37NO4/c1-26-11-9-21-20-6-4-19(29-2)17-18(20)3-5-22(21)23(26)7-8-24(26)31-25(28)10-12-27-13-15-30-16-14-27/h4,6,17,21-24H,3,5,7-16H2,1-2H3/p+1/t21-,22-,23-,24-,26+/m1/s1. The SMILES string of the molecule is COc1ccc2c(c1)CC[C@@H]1[C@@H]2CC[C@@]2(C)[C@@H]1CC[C@H]2OC(=O)CC[NH+]1CCOCC1. The van der Waals surface area contributed by atoms with Crippen LogP contribution in [-0.2, 0) is 20.7 Å². The summed E-state index contributed by atoms with van der Waals surface area (Å²) < 4.78 is 17.0. The summed E-state index contributed by atoms with van der Waals surface area (Å²) in [6, 6.07) is 6.69. The molecule has 5 heteroatoms. The summed E-state index contributed by atoms with van der Waals surface area (Å²) in [6.07, 6.45) is 7.65. The van der Waals surface area contributed by atoms with Crippen molar-refractivity contribution in [2.45, 2.75) is 63.9 Å². The van der Waals surface area contributed by atoms with Crippen LogP contribution in [0.3, 0.4) is 0 Å². The third-order valence-electron chi connectivity index (χ3n) is 9.00. The molecule has 5 nitrogen and oxygen atoms in total. The Bertz CT molecular complexity index is 805. The van der Waals surface area contributed by atoms with E-state index in [1.54, 1.807) is 12.7 Å². The fourth-order valence-electron chi connectivity index (χ4n) is 7.24. The molecule has 1 heterocycles. The first kappa shape index (κ1) is 21.3. The molecule has 4 aliphatic rings. The number of methoxy groups -OCH3 is 1. The Labute approximate surface area is 186 Å². The van der Waals surface area contributed by atoms with Gasteiger partial charge in [0.25, 0.3) is 0 Å². The molecule has 1 aromatic rings. The maximum atomic E-state index is 12.7. The Morgan fingerprint density at radius 2 is 2.03 bits per heavy atom. The number of fused-ring (bicyclic) bond motifs is 5. The molecule has 3 fully saturated rings. The van der Waals surface area contributed by atoms with E-state index >= 15 is 0 Å². The summed E-state index contributed by atoms with van der Waals surface area (Å²) in [7, 11) is 1.75. The number of quaternary nitrogens is 1. The molecule has 2 saturated carbocycles. The summed E-state index contributed by atoms with van der Waals surface area (Å²) in [4.78, 5) is 14.2. The van der Waals surface area contributed by atoms with Crippen molar-refractivity contribution in [2.75, 3.05) is 40.0 Å². The van der Waals surface area contributed by atoms with Gasteiger partial charge in [-0.2, -0.15) is 0 Å². The Morgan fingerprint density at radius 1 is 1.19 bits per heavy atom. The highest BCUT2D eigenvalue weighted by atomic mass is 16.5. The Kier molecular flexibility index (Phi) is 6.00. The molecule has 1 N–H and O–H groups in total. The lowest BCUT2D eigenvalue weighted by Gasteiger charge is -2.50. The number of hydrogen-bond donors (Lipinski definition) is 1. The van der Waals surface area contributed by atoms with Crippen molar-refractivity contribution >= 4 is 5.97 Å². The number of aryl methyl sites for hydroxylation is 1. The van der Waals surface area contributed by atoms with Crippen molar-refractivity contribution in [3.05, 3.63) is 29.3 Å². The molecule has 5 rings (SSSR count). The second-order valence-corrected chi connectivity index (χ2v) is 10.4. The molecule has 3 aliphatic carbocycles. The van der Waals surface area contributed by atoms with Gasteiger partial charge in [0.15, 0.2) is 0 Å². The fraction of sp³-hybridized carbons (Fsp3) is 0.731. The van der Waals surface area contributed by atoms with Crippen LogP contribution >= 0.6 is 0 Å². The molecule has 0 bridgehead atoms. The topological polar surface area (TPSA) is 49.2 Å². The van der Waals surface area contributed by atoms with Crippen molar-refractivity contribution in [3.63, 3.8) is 0 Å². The lowest BCUT2D eigenvalue weighted by atomic mass is 9.55. The van der Waals surface area contributed by atoms with Crippen LogP contribution in [0.15, 0.2) is 18.2 Å². The van der Waals surface area contributed by atoms with Crippen molar-refractivity contribution in [1.29, 1.82) is 0 Å². The second kappa shape index (κ2) is 8.74. The molecule has 1 aromatic carbocycles. The lowest BCUT2D eigenvalue weighted by molar-refractivity contribution is -0.907. The third-order valence-corrected chi connectivity index (χ3v) is 9.00. The second-order valence-electron chi connectivity index (χ2n) is 10.4. The van der Waals surface area contributed by atoms with Crippen molar-refractivity contribution in [1.82, 2.24) is 0 Å². The molecule has 0 aromatic heterocycles. The molecule has 170 valence electrons. The number of esters is 1. The highest BCUT2D eigenvalue weighted by Gasteiger charge is 2.56. The number of rotatable bonds is 5. The van der Waals surface area contributed by atoms with E-state index in [-0.39, 0.29) is 17.5 Å². The predicted octanol–water partition coefficient (Wildman–Crippen LogP) is 2.77. The van der Waals surface area contributed by atoms with Crippen LogP contribution in [0.5, 0.6) is 5.75 Å². The normalized spacial score (nSPS) is 35.0. The van der Waals surface area contributed by atoms with E-state index in [9.17, 15) is 4.79 Å². The largest absolute Gasteiger partial charge is 0.497 e. The Balaban J connectivity index is 1.23. The molecule has 0 amide bonds. The molecular weight excluding hydrogens is 390 g/mol. The number of nitrogens with one attached hydrogen (secondary N) is 1. The van der Waals surface area contributed by atoms with E-state index in [4.69, 9.17) is 14.2 Å². The smallest absolute Gasteiger partial charge is 0.311 e. The van der Waals surface area contributed by atoms with Gasteiger partial charge in [0.05, 0.1) is 33.3 Å². The minimum Gasteiger partial charge on any atom is -0.497 e. The van der Waals surface area contributed by atoms with Crippen LogP contribution in [0.1, 0.15) is 62.5 Å². The summed E-state index contributed by atoms with van der Waals surface area (Å²) in [6.45, 7) is 6.92. The van der Waals surface area contributed by atoms with Crippen molar-refractivity contribution in [3.8, 4) is 5.75 Å². The van der Waals surface area contributed by atoms with Gasteiger partial charge in [-0.1, -0.05) is 13.0 Å². The molecule has 1 saturated heterocycles. The number of ether oxygens (including phenoxy) is 3. The number of benzene rings is 1. The molecular formula is C26H38NO4+. The first-order valence-corrected chi connectivity index (χ1v) is 12.4. The van der Waals surface area contributed by atoms with Gasteiger partial charge >= 0.3 is 5.97 Å².